The fraction of sp³-hybridized carbons (Fsp3) is 0.784. The monoisotopic (exact) mass is 1450 g/mol. The highest BCUT2D eigenvalue weighted by atomic mass is 16.5. The van der Waals surface area contributed by atoms with Gasteiger partial charge in [-0.15, -0.1) is 0 Å². The number of carbonyl (C=O) groups is 10. The summed E-state index contributed by atoms with van der Waals surface area (Å²) in [6, 6.07) is -4.96. The lowest BCUT2D eigenvalue weighted by molar-refractivity contribution is -0.151. The maximum absolute atomic E-state index is 14.7. The Balaban J connectivity index is 3.33. The molecule has 0 aliphatic carbocycles. The summed E-state index contributed by atoms with van der Waals surface area (Å²) < 4.78 is 5.22. The number of hydrogen-bond acceptors (Lipinski definition) is 18. The molecule has 0 saturated carbocycles. The average molecular weight is 1450 g/mol. The third kappa shape index (κ3) is 32.2. The summed E-state index contributed by atoms with van der Waals surface area (Å²) in [6.07, 6.45) is 1.23. The van der Waals surface area contributed by atoms with Gasteiger partial charge in [0.1, 0.15) is 54.1 Å². The fourth-order valence-electron chi connectivity index (χ4n) is 13.5. The molecular weight excluding hydrogens is 1320 g/mol. The zero-order valence-electron chi connectivity index (χ0n) is 64.6. The Bertz CT molecular complexity index is 2740. The number of nitrogens with two attached hydrogens (primary N) is 1. The average Bonchev–Trinajstić information content (AvgIpc) is 0.821. The molecule has 17 atom stereocenters. The van der Waals surface area contributed by atoms with Gasteiger partial charge in [0.25, 0.3) is 0 Å². The minimum Gasteiger partial charge on any atom is -0.497 e. The molecule has 0 radical (unpaired) electrons. The first-order valence-electron chi connectivity index (χ1n) is 36.7. The summed E-state index contributed by atoms with van der Waals surface area (Å²) >= 11 is 0. The van der Waals surface area contributed by atoms with Crippen molar-refractivity contribution >= 4 is 59.1 Å². The van der Waals surface area contributed by atoms with E-state index < -0.39 is 175 Å². The predicted molar refractivity (Wildman–Crippen MR) is 389 cm³/mol. The summed E-state index contributed by atoms with van der Waals surface area (Å²) in [7, 11) is 6.82. The SMILES string of the molecule is CCCC(O)CC(C)CC(O)CC(C)CC(O)CC(C)CC(O)CC(=O)NC(CC(C)C)C(=O)N(C)C(C(=O)NC(CO)C(=O)NC(CC(C)C)C(=O)N(C)C(C(=O)NC(CO)C(=O)N(C)C(C(=O)N(C)C(CCC(N)=O)C(=O)NC(CO)Cc1ccc(OC)cc1)C(C)C)C(C)C)C(C)CC. The van der Waals surface area contributed by atoms with E-state index in [1.165, 1.54) is 40.2 Å². The smallest absolute Gasteiger partial charge is 0.247 e. The van der Waals surface area contributed by atoms with E-state index in [0.717, 1.165) is 26.7 Å². The number of hydrogen-bond donors (Lipinski definition) is 13. The molecule has 10 amide bonds. The lowest BCUT2D eigenvalue weighted by Crippen LogP contribution is -2.63. The van der Waals surface area contributed by atoms with Crippen molar-refractivity contribution in [3.05, 3.63) is 29.8 Å². The van der Waals surface area contributed by atoms with Crippen LogP contribution in [0.3, 0.4) is 0 Å². The molecule has 28 heteroatoms. The zero-order chi connectivity index (χ0) is 78.2. The Morgan fingerprint density at radius 3 is 1.31 bits per heavy atom. The van der Waals surface area contributed by atoms with Gasteiger partial charge in [0.2, 0.25) is 59.1 Å². The van der Waals surface area contributed by atoms with E-state index >= 15 is 0 Å². The van der Waals surface area contributed by atoms with Crippen LogP contribution in [0.1, 0.15) is 192 Å². The van der Waals surface area contributed by atoms with Gasteiger partial charge in [0.15, 0.2) is 0 Å². The molecule has 0 heterocycles. The standard InChI is InChI=1S/C74H132N10O18/c1-20-22-52(88)31-46(11)32-53(89)33-47(12)34-54(90)35-48(13)36-55(91)38-63(93)77-57(29-42(3)4)71(98)84(18)66(49(14)21-2)70(97)79-59(40-86)67(94)78-58(30-43(5)6)72(99)82(16)64(44(7)8)69(96)80-60(41-87)73(100)83(17)65(45(9)10)74(101)81(15)61(27-28-62(75)92)68(95)76-51(39-85)37-50-23-25-56(102-19)26-24-50/h23-26,42-49,51-55,57-61,64-66,85-91H,20-22,27-41H2,1-19H3,(H2,75,92)(H,76,95)(H,77,93)(H,78,94)(H,79,97)(H,80,96). The van der Waals surface area contributed by atoms with Crippen molar-refractivity contribution in [2.24, 2.45) is 53.1 Å². The molecule has 0 saturated heterocycles. The topological polar surface area (TPSA) is 421 Å². The Morgan fingerprint density at radius 1 is 0.461 bits per heavy atom. The lowest BCUT2D eigenvalue weighted by atomic mass is 9.87. The molecule has 28 nitrogen and oxygen atoms in total. The van der Waals surface area contributed by atoms with Gasteiger partial charge in [-0.3, -0.25) is 47.9 Å². The fourth-order valence-corrected chi connectivity index (χ4v) is 13.5. The van der Waals surface area contributed by atoms with Crippen molar-refractivity contribution in [3.63, 3.8) is 0 Å². The van der Waals surface area contributed by atoms with Gasteiger partial charge in [-0.05, 0) is 136 Å². The van der Waals surface area contributed by atoms with Gasteiger partial charge in [-0.25, -0.2) is 0 Å². The highest BCUT2D eigenvalue weighted by Gasteiger charge is 2.43. The molecule has 102 heavy (non-hydrogen) atoms. The van der Waals surface area contributed by atoms with Crippen molar-refractivity contribution in [3.8, 4) is 5.75 Å². The van der Waals surface area contributed by atoms with E-state index in [1.54, 1.807) is 79.7 Å². The second kappa shape index (κ2) is 47.0. The van der Waals surface area contributed by atoms with Crippen molar-refractivity contribution in [1.82, 2.24) is 46.2 Å². The van der Waals surface area contributed by atoms with Crippen LogP contribution in [-0.4, -0.2) is 248 Å². The van der Waals surface area contributed by atoms with Crippen LogP contribution in [0.4, 0.5) is 0 Å². The molecule has 0 spiro atoms. The summed E-state index contributed by atoms with van der Waals surface area (Å²) in [4.78, 5) is 145. The molecule has 0 aliphatic heterocycles. The third-order valence-electron chi connectivity index (χ3n) is 18.9. The van der Waals surface area contributed by atoms with Crippen LogP contribution in [0.5, 0.6) is 5.75 Å². The number of nitrogens with zero attached hydrogens (tertiary/aromatic N) is 4. The van der Waals surface area contributed by atoms with Crippen molar-refractivity contribution in [2.45, 2.75) is 272 Å². The van der Waals surface area contributed by atoms with Crippen molar-refractivity contribution in [1.29, 1.82) is 0 Å². The Morgan fingerprint density at radius 2 is 0.882 bits per heavy atom. The number of ether oxygens (including phenoxy) is 1. The molecule has 0 aliphatic rings. The Hall–Kier alpha value is -6.56. The van der Waals surface area contributed by atoms with Crippen LogP contribution in [0.2, 0.25) is 0 Å². The molecule has 1 aromatic carbocycles. The number of rotatable bonds is 50. The predicted octanol–water partition coefficient (Wildman–Crippen LogP) is 2.55. The molecule has 1 aromatic rings. The lowest BCUT2D eigenvalue weighted by Gasteiger charge is -2.38. The van der Waals surface area contributed by atoms with Crippen LogP contribution in [0.15, 0.2) is 24.3 Å². The number of aliphatic hydroxyl groups excluding tert-OH is 7. The Kier molecular flexibility index (Phi) is 43.1. The minimum atomic E-state index is -1.69. The van der Waals surface area contributed by atoms with Gasteiger partial charge in [0, 0.05) is 34.6 Å². The van der Waals surface area contributed by atoms with Gasteiger partial charge >= 0.3 is 0 Å². The quantitative estimate of drug-likeness (QED) is 0.0446. The van der Waals surface area contributed by atoms with Gasteiger partial charge in [-0.2, -0.15) is 0 Å². The molecule has 586 valence electrons. The number of benzene rings is 1. The molecular formula is C74H132N10O18. The van der Waals surface area contributed by atoms with Crippen LogP contribution in [0, 0.1) is 47.3 Å². The molecule has 0 fully saturated rings. The summed E-state index contributed by atoms with van der Waals surface area (Å²) in [6.45, 7) is 22.7. The van der Waals surface area contributed by atoms with Crippen molar-refractivity contribution < 1.29 is 88.4 Å². The second-order valence-electron chi connectivity index (χ2n) is 30.2. The van der Waals surface area contributed by atoms with Gasteiger partial charge in [-0.1, -0.05) is 122 Å². The van der Waals surface area contributed by atoms with Crippen molar-refractivity contribution in [2.75, 3.05) is 55.1 Å². The number of likely N-dealkylation sites (N-methyl/N-ethyl adjacent to an activating group) is 4. The van der Waals surface area contributed by atoms with Gasteiger partial charge in [0.05, 0.1) is 63.8 Å². The van der Waals surface area contributed by atoms with Crippen LogP contribution >= 0.6 is 0 Å². The first-order chi connectivity index (χ1) is 47.6. The number of methoxy groups -OCH3 is 1. The van der Waals surface area contributed by atoms with E-state index in [4.69, 9.17) is 10.5 Å². The van der Waals surface area contributed by atoms with E-state index in [9.17, 15) is 83.7 Å². The normalized spacial score (nSPS) is 16.8. The van der Waals surface area contributed by atoms with Gasteiger partial charge < -0.3 is 92.4 Å². The van der Waals surface area contributed by atoms with E-state index in [2.05, 4.69) is 26.6 Å². The maximum Gasteiger partial charge on any atom is 0.247 e. The maximum atomic E-state index is 14.7. The molecule has 0 bridgehead atoms. The third-order valence-corrected chi connectivity index (χ3v) is 18.9. The van der Waals surface area contributed by atoms with E-state index in [1.807, 2.05) is 41.5 Å². The van der Waals surface area contributed by atoms with Crippen LogP contribution in [-0.2, 0) is 54.4 Å². The Labute approximate surface area is 607 Å². The minimum absolute atomic E-state index is 0.000124. The first-order valence-corrected chi connectivity index (χ1v) is 36.7. The molecule has 0 aromatic heterocycles. The van der Waals surface area contributed by atoms with E-state index in [-0.39, 0.29) is 74.5 Å². The number of aliphatic hydroxyl groups is 7. The summed E-state index contributed by atoms with van der Waals surface area (Å²) in [5.41, 5.74) is 6.24. The number of carbonyl (C=O) groups excluding carboxylic acids is 10. The zero-order valence-corrected chi connectivity index (χ0v) is 64.6. The summed E-state index contributed by atoms with van der Waals surface area (Å²) in [5, 5.41) is 87.9. The molecule has 17 unspecified atom stereocenters. The highest BCUT2D eigenvalue weighted by Crippen LogP contribution is 2.26. The number of nitrogens with one attached hydrogen (secondary N) is 5. The first kappa shape index (κ1) is 93.5. The van der Waals surface area contributed by atoms with Crippen LogP contribution < -0.4 is 37.1 Å². The van der Waals surface area contributed by atoms with E-state index in [0.29, 0.717) is 50.7 Å². The molecule has 14 N–H and O–H groups in total. The summed E-state index contributed by atoms with van der Waals surface area (Å²) in [5.74, 6) is -9.54. The largest absolute Gasteiger partial charge is 0.497 e. The highest BCUT2D eigenvalue weighted by molar-refractivity contribution is 5.98. The molecule has 1 rings (SSSR count). The van der Waals surface area contributed by atoms with Crippen LogP contribution in [0.25, 0.3) is 0 Å². The number of primary amides is 1. The second-order valence-corrected chi connectivity index (χ2v) is 30.2. The number of amides is 10.